The Morgan fingerprint density at radius 1 is 1.12 bits per heavy atom. The molecule has 4 rings (SSSR count). The van der Waals surface area contributed by atoms with Crippen LogP contribution in [-0.2, 0) is 13.2 Å². The molecular formula is C22H15BrCl2FN3O2S. The number of aromatic nitrogens is 2. The second kappa shape index (κ2) is 10.0. The number of benzene rings is 2. The zero-order valence-corrected chi connectivity index (χ0v) is 20.2. The fourth-order valence-electron chi connectivity index (χ4n) is 2.82. The van der Waals surface area contributed by atoms with Gasteiger partial charge in [0, 0.05) is 11.8 Å². The van der Waals surface area contributed by atoms with Crippen molar-refractivity contribution < 1.29 is 13.9 Å². The van der Waals surface area contributed by atoms with Gasteiger partial charge in [0.1, 0.15) is 18.2 Å². The van der Waals surface area contributed by atoms with Gasteiger partial charge in [-0.2, -0.15) is 5.10 Å². The van der Waals surface area contributed by atoms with E-state index in [1.807, 2.05) is 11.4 Å². The van der Waals surface area contributed by atoms with Crippen LogP contribution in [0, 0.1) is 5.82 Å². The average molecular weight is 555 g/mol. The van der Waals surface area contributed by atoms with Crippen molar-refractivity contribution in [2.24, 2.45) is 0 Å². The lowest BCUT2D eigenvalue weighted by atomic mass is 10.2. The van der Waals surface area contributed by atoms with Crippen LogP contribution >= 0.6 is 50.5 Å². The lowest BCUT2D eigenvalue weighted by Gasteiger charge is -2.04. The fourth-order valence-corrected chi connectivity index (χ4v) is 4.35. The molecular weight excluding hydrogens is 540 g/mol. The van der Waals surface area contributed by atoms with Gasteiger partial charge in [-0.15, -0.1) is 11.3 Å². The molecule has 0 aliphatic heterocycles. The Morgan fingerprint density at radius 2 is 1.91 bits per heavy atom. The lowest BCUT2D eigenvalue weighted by molar-refractivity contribution is 0.103. The molecule has 5 nitrogen and oxygen atoms in total. The van der Waals surface area contributed by atoms with Crippen LogP contribution in [0.5, 0.6) is 5.75 Å². The Balaban J connectivity index is 1.37. The van der Waals surface area contributed by atoms with Crippen LogP contribution in [0.3, 0.4) is 0 Å². The summed E-state index contributed by atoms with van der Waals surface area (Å²) < 4.78 is 20.9. The Morgan fingerprint density at radius 3 is 2.66 bits per heavy atom. The molecule has 0 aliphatic rings. The summed E-state index contributed by atoms with van der Waals surface area (Å²) in [6.45, 7) is 0.743. The summed E-state index contributed by atoms with van der Waals surface area (Å²) in [4.78, 5) is 13.2. The van der Waals surface area contributed by atoms with E-state index < -0.39 is 0 Å². The van der Waals surface area contributed by atoms with E-state index in [9.17, 15) is 9.18 Å². The summed E-state index contributed by atoms with van der Waals surface area (Å²) in [5, 5.41) is 10.0. The number of halogens is 4. The highest BCUT2D eigenvalue weighted by Crippen LogP contribution is 2.26. The Bertz CT molecular complexity index is 1260. The van der Waals surface area contributed by atoms with Crippen LogP contribution in [0.1, 0.15) is 20.8 Å². The van der Waals surface area contributed by atoms with Crippen molar-refractivity contribution in [3.63, 3.8) is 0 Å². The number of nitrogens with one attached hydrogen (secondary N) is 1. The van der Waals surface area contributed by atoms with E-state index in [4.69, 9.17) is 27.9 Å². The highest BCUT2D eigenvalue weighted by atomic mass is 79.9. The molecule has 2 aromatic heterocycles. The molecule has 4 aromatic rings. The van der Waals surface area contributed by atoms with E-state index in [0.717, 1.165) is 11.1 Å². The molecule has 2 heterocycles. The molecule has 10 heteroatoms. The molecule has 0 saturated carbocycles. The fraction of sp³-hybridized carbons (Fsp3) is 0.0909. The Kier molecular flexibility index (Phi) is 7.15. The molecule has 0 saturated heterocycles. The van der Waals surface area contributed by atoms with Crippen molar-refractivity contribution in [2.75, 3.05) is 5.32 Å². The molecule has 0 radical (unpaired) electrons. The number of carbonyl (C=O) groups is 1. The molecule has 1 amide bonds. The van der Waals surface area contributed by atoms with Gasteiger partial charge in [-0.25, -0.2) is 4.39 Å². The van der Waals surface area contributed by atoms with Gasteiger partial charge in [0.15, 0.2) is 5.82 Å². The smallest absolute Gasteiger partial charge is 0.266 e. The van der Waals surface area contributed by atoms with Gasteiger partial charge >= 0.3 is 0 Å². The highest BCUT2D eigenvalue weighted by Gasteiger charge is 2.15. The second-order valence-electron chi connectivity index (χ2n) is 6.79. The van der Waals surface area contributed by atoms with E-state index in [1.165, 1.54) is 23.5 Å². The number of hydrogen-bond acceptors (Lipinski definition) is 4. The number of carbonyl (C=O) groups excluding carboxylic acids is 1. The van der Waals surface area contributed by atoms with Crippen molar-refractivity contribution in [3.8, 4) is 5.75 Å². The maximum Gasteiger partial charge on any atom is 0.266 e. The number of anilines is 1. The standard InChI is InChI=1S/C22H15BrCl2FN3O2S/c23-17-10-29(9-13-1-6-18(24)19(25)7-13)28-21(17)27-22(30)20-8-14(12-32-20)11-31-16-4-2-15(26)3-5-16/h1-8,10,12H,9,11H2,(H,27,28,30). The van der Waals surface area contributed by atoms with Crippen LogP contribution in [-0.4, -0.2) is 15.7 Å². The van der Waals surface area contributed by atoms with E-state index in [-0.39, 0.29) is 18.3 Å². The molecule has 1 N–H and O–H groups in total. The van der Waals surface area contributed by atoms with Crippen molar-refractivity contribution in [3.05, 3.63) is 96.4 Å². The molecule has 0 unspecified atom stereocenters. The van der Waals surface area contributed by atoms with E-state index >= 15 is 0 Å². The monoisotopic (exact) mass is 553 g/mol. The van der Waals surface area contributed by atoms with Crippen LogP contribution in [0.2, 0.25) is 10.0 Å². The number of amides is 1. The first kappa shape index (κ1) is 22.8. The van der Waals surface area contributed by atoms with Crippen molar-refractivity contribution >= 4 is 62.2 Å². The number of ether oxygens (including phenoxy) is 1. The summed E-state index contributed by atoms with van der Waals surface area (Å²) in [7, 11) is 0. The summed E-state index contributed by atoms with van der Waals surface area (Å²) in [5.41, 5.74) is 1.77. The first-order valence-corrected chi connectivity index (χ1v) is 11.7. The molecule has 0 spiro atoms. The van der Waals surface area contributed by atoms with Gasteiger partial charge in [-0.3, -0.25) is 9.48 Å². The normalized spacial score (nSPS) is 10.9. The molecule has 32 heavy (non-hydrogen) atoms. The Hall–Kier alpha value is -2.39. The number of rotatable bonds is 7. The minimum atomic E-state index is -0.322. The summed E-state index contributed by atoms with van der Waals surface area (Å²) in [6.07, 6.45) is 1.77. The number of hydrogen-bond donors (Lipinski definition) is 1. The zero-order chi connectivity index (χ0) is 22.7. The summed E-state index contributed by atoms with van der Waals surface area (Å²) in [6, 6.07) is 12.9. The van der Waals surface area contributed by atoms with Crippen LogP contribution in [0.25, 0.3) is 0 Å². The Labute approximate surface area is 205 Å². The predicted octanol–water partition coefficient (Wildman–Crippen LogP) is 7.03. The SMILES string of the molecule is O=C(Nc1nn(Cc2ccc(Cl)c(Cl)c2)cc1Br)c1cc(COc2ccc(F)cc2)cs1. The quantitative estimate of drug-likeness (QED) is 0.267. The third-order valence-corrected chi connectivity index (χ3v) is 6.67. The van der Waals surface area contributed by atoms with Crippen molar-refractivity contribution in [1.29, 1.82) is 0 Å². The topological polar surface area (TPSA) is 56.2 Å². The highest BCUT2D eigenvalue weighted by molar-refractivity contribution is 9.10. The van der Waals surface area contributed by atoms with E-state index in [1.54, 1.807) is 41.2 Å². The first-order valence-electron chi connectivity index (χ1n) is 9.31. The molecule has 0 fully saturated rings. The van der Waals surface area contributed by atoms with Gasteiger partial charge in [0.25, 0.3) is 5.91 Å². The second-order valence-corrected chi connectivity index (χ2v) is 9.37. The van der Waals surface area contributed by atoms with Gasteiger partial charge < -0.3 is 10.1 Å². The lowest BCUT2D eigenvalue weighted by Crippen LogP contribution is -2.11. The van der Waals surface area contributed by atoms with Gasteiger partial charge in [0.05, 0.1) is 25.9 Å². The van der Waals surface area contributed by atoms with E-state index in [0.29, 0.717) is 37.5 Å². The predicted molar refractivity (Wildman–Crippen MR) is 128 cm³/mol. The molecule has 0 aliphatic carbocycles. The summed E-state index contributed by atoms with van der Waals surface area (Å²) in [5.74, 6) is 0.369. The third kappa shape index (κ3) is 5.69. The molecule has 2 aromatic carbocycles. The van der Waals surface area contributed by atoms with Crippen LogP contribution < -0.4 is 10.1 Å². The van der Waals surface area contributed by atoms with Crippen molar-refractivity contribution in [2.45, 2.75) is 13.2 Å². The third-order valence-electron chi connectivity index (χ3n) is 4.37. The van der Waals surface area contributed by atoms with Crippen LogP contribution in [0.4, 0.5) is 10.2 Å². The summed E-state index contributed by atoms with van der Waals surface area (Å²) >= 11 is 16.8. The minimum Gasteiger partial charge on any atom is -0.489 e. The first-order chi connectivity index (χ1) is 15.4. The zero-order valence-electron chi connectivity index (χ0n) is 16.3. The van der Waals surface area contributed by atoms with Gasteiger partial charge in [-0.05, 0) is 69.3 Å². The van der Waals surface area contributed by atoms with E-state index in [2.05, 4.69) is 26.3 Å². The maximum atomic E-state index is 13.0. The van der Waals surface area contributed by atoms with Crippen LogP contribution in [0.15, 0.2) is 64.6 Å². The number of thiophene rings is 1. The average Bonchev–Trinajstić information content (AvgIpc) is 3.37. The molecule has 164 valence electrons. The number of nitrogens with zero attached hydrogens (tertiary/aromatic N) is 2. The van der Waals surface area contributed by atoms with Crippen molar-refractivity contribution in [1.82, 2.24) is 9.78 Å². The minimum absolute atomic E-state index is 0.275. The largest absolute Gasteiger partial charge is 0.489 e. The molecule has 0 atom stereocenters. The molecule has 0 bridgehead atoms. The maximum absolute atomic E-state index is 13.0. The van der Waals surface area contributed by atoms with Gasteiger partial charge in [-0.1, -0.05) is 29.3 Å². The van der Waals surface area contributed by atoms with Gasteiger partial charge in [0.2, 0.25) is 0 Å².